The van der Waals surface area contributed by atoms with Crippen LogP contribution in [-0.2, 0) is 34.6 Å². The molecule has 1 aromatic heterocycles. The van der Waals surface area contributed by atoms with Crippen molar-refractivity contribution in [2.24, 2.45) is 0 Å². The number of morpholine rings is 1. The summed E-state index contributed by atoms with van der Waals surface area (Å²) >= 11 is 6.74. The number of hydrogen-bond donors (Lipinski definition) is 2. The number of carbonyl (C=O) groups excluding carboxylic acids is 3. The molecular formula is C37H40ClN7O5. The quantitative estimate of drug-likeness (QED) is 0.270. The summed E-state index contributed by atoms with van der Waals surface area (Å²) in [7, 11) is 3.47. The van der Waals surface area contributed by atoms with Crippen molar-refractivity contribution in [3.05, 3.63) is 112 Å². The molecule has 3 aromatic carbocycles. The van der Waals surface area contributed by atoms with Crippen molar-refractivity contribution in [3.63, 3.8) is 0 Å². The number of carbonyl (C=O) groups is 3. The fraction of sp³-hybridized carbons (Fsp3) is 0.351. The average Bonchev–Trinajstić information content (AvgIpc) is 3.47. The van der Waals surface area contributed by atoms with Crippen LogP contribution < -0.4 is 15.5 Å². The molecule has 2 fully saturated rings. The lowest BCUT2D eigenvalue weighted by atomic mass is 9.88. The second-order valence-electron chi connectivity index (χ2n) is 13.0. The van der Waals surface area contributed by atoms with Gasteiger partial charge in [0.25, 0.3) is 17.7 Å². The average molecular weight is 698 g/mol. The Morgan fingerprint density at radius 1 is 0.820 bits per heavy atom. The molecule has 0 atom stereocenters. The second kappa shape index (κ2) is 14.2. The number of halogens is 1. The lowest BCUT2D eigenvalue weighted by molar-refractivity contribution is -0.162. The highest BCUT2D eigenvalue weighted by Crippen LogP contribution is 2.43. The highest BCUT2D eigenvalue weighted by Gasteiger charge is 2.52. The lowest BCUT2D eigenvalue weighted by Crippen LogP contribution is -2.63. The Labute approximate surface area is 295 Å². The zero-order chi connectivity index (χ0) is 34.8. The van der Waals surface area contributed by atoms with Gasteiger partial charge >= 0.3 is 0 Å². The van der Waals surface area contributed by atoms with Gasteiger partial charge in [-0.2, -0.15) is 0 Å². The molecule has 0 saturated carbocycles. The van der Waals surface area contributed by atoms with E-state index in [1.54, 1.807) is 19.0 Å². The lowest BCUT2D eigenvalue weighted by Gasteiger charge is -2.52. The Kier molecular flexibility index (Phi) is 9.60. The van der Waals surface area contributed by atoms with Crippen LogP contribution in [-0.4, -0.2) is 97.2 Å². The predicted molar refractivity (Wildman–Crippen MR) is 190 cm³/mol. The molecule has 12 nitrogen and oxygen atoms in total. The van der Waals surface area contributed by atoms with Crippen LogP contribution in [0.5, 0.6) is 0 Å². The minimum atomic E-state index is -0.496. The smallest absolute Gasteiger partial charge is 0.287 e. The fourth-order valence-corrected chi connectivity index (χ4v) is 7.09. The Morgan fingerprint density at radius 3 is 2.12 bits per heavy atom. The van der Waals surface area contributed by atoms with Gasteiger partial charge in [-0.3, -0.25) is 19.3 Å². The van der Waals surface area contributed by atoms with Gasteiger partial charge in [0.15, 0.2) is 5.15 Å². The van der Waals surface area contributed by atoms with E-state index in [4.69, 9.17) is 21.1 Å². The van der Waals surface area contributed by atoms with Crippen LogP contribution in [0.2, 0.25) is 5.15 Å². The summed E-state index contributed by atoms with van der Waals surface area (Å²) in [4.78, 5) is 49.3. The molecule has 260 valence electrons. The number of rotatable bonds is 9. The summed E-state index contributed by atoms with van der Waals surface area (Å²) in [6.45, 7) is 6.11. The van der Waals surface area contributed by atoms with Crippen LogP contribution in [0.15, 0.2) is 72.8 Å². The van der Waals surface area contributed by atoms with E-state index in [0.29, 0.717) is 68.0 Å². The molecule has 3 aliphatic rings. The van der Waals surface area contributed by atoms with Gasteiger partial charge in [0.2, 0.25) is 5.82 Å². The van der Waals surface area contributed by atoms with Gasteiger partial charge in [-0.1, -0.05) is 35.9 Å². The highest BCUT2D eigenvalue weighted by molar-refractivity contribution is 6.30. The Bertz CT molecular complexity index is 1870. The SMILES string of the molecule is CN(C)C(=O)c1ccc(CN2CCn3c(C(=O)NCc4ccc(NC(=O)c5ccc(N6CCOCC6)cc5)cc4)nc(Cl)c3C23COC3)cc1. The maximum absolute atomic E-state index is 13.4. The summed E-state index contributed by atoms with van der Waals surface area (Å²) in [5, 5.41) is 6.22. The summed E-state index contributed by atoms with van der Waals surface area (Å²) in [6, 6.07) is 22.6. The predicted octanol–water partition coefficient (Wildman–Crippen LogP) is 4.00. The number of ether oxygens (including phenoxy) is 2. The molecule has 3 aliphatic heterocycles. The minimum Gasteiger partial charge on any atom is -0.378 e. The molecule has 0 bridgehead atoms. The number of nitrogens with one attached hydrogen (secondary N) is 2. The fourth-order valence-electron chi connectivity index (χ4n) is 6.73. The topological polar surface area (TPSA) is 121 Å². The van der Waals surface area contributed by atoms with Crippen molar-refractivity contribution < 1.29 is 23.9 Å². The summed E-state index contributed by atoms with van der Waals surface area (Å²) in [5.41, 5.74) is 5.18. The van der Waals surface area contributed by atoms with E-state index in [2.05, 4.69) is 25.4 Å². The van der Waals surface area contributed by atoms with Crippen LogP contribution in [0.25, 0.3) is 0 Å². The number of amides is 3. The van der Waals surface area contributed by atoms with Crippen molar-refractivity contribution in [1.82, 2.24) is 24.7 Å². The molecule has 0 radical (unpaired) electrons. The number of aromatic nitrogens is 2. The third-order valence-corrected chi connectivity index (χ3v) is 9.86. The van der Waals surface area contributed by atoms with Crippen LogP contribution in [0, 0.1) is 0 Å². The van der Waals surface area contributed by atoms with Gasteiger partial charge in [-0.15, -0.1) is 0 Å². The first-order chi connectivity index (χ1) is 24.2. The highest BCUT2D eigenvalue weighted by atomic mass is 35.5. The number of nitrogens with zero attached hydrogens (tertiary/aromatic N) is 5. The number of fused-ring (bicyclic) bond motifs is 2. The molecule has 2 N–H and O–H groups in total. The first-order valence-corrected chi connectivity index (χ1v) is 17.1. The van der Waals surface area contributed by atoms with E-state index in [9.17, 15) is 14.4 Å². The molecule has 0 unspecified atom stereocenters. The molecule has 4 aromatic rings. The first-order valence-electron chi connectivity index (χ1n) is 16.7. The monoisotopic (exact) mass is 697 g/mol. The third-order valence-electron chi connectivity index (χ3n) is 9.60. The molecule has 2 saturated heterocycles. The zero-order valence-electron chi connectivity index (χ0n) is 28.2. The van der Waals surface area contributed by atoms with Crippen LogP contribution in [0.1, 0.15) is 48.2 Å². The van der Waals surface area contributed by atoms with Gasteiger partial charge in [0, 0.05) is 75.9 Å². The summed E-state index contributed by atoms with van der Waals surface area (Å²) in [5.74, 6) is -0.280. The van der Waals surface area contributed by atoms with Gasteiger partial charge in [0.1, 0.15) is 5.54 Å². The molecule has 1 spiro atoms. The second-order valence-corrected chi connectivity index (χ2v) is 13.4. The van der Waals surface area contributed by atoms with E-state index in [0.717, 1.165) is 35.6 Å². The van der Waals surface area contributed by atoms with Crippen molar-refractivity contribution in [2.45, 2.75) is 25.2 Å². The Morgan fingerprint density at radius 2 is 1.48 bits per heavy atom. The molecule has 3 amide bonds. The standard InChI is InChI=1S/C37H40ClN7O5/c1-42(2)36(48)28-7-3-26(4-8-28)22-44-15-16-45-31(37(44)23-50-24-37)32(38)41-33(45)35(47)39-21-25-5-11-29(12-6-25)40-34(46)27-9-13-30(14-10-27)43-17-19-49-20-18-43/h3-14H,15-24H2,1-2H3,(H,39,47)(H,40,46). The van der Waals surface area contributed by atoms with Crippen LogP contribution >= 0.6 is 11.6 Å². The van der Waals surface area contributed by atoms with Gasteiger partial charge < -0.3 is 34.5 Å². The van der Waals surface area contributed by atoms with E-state index >= 15 is 0 Å². The molecule has 13 heteroatoms. The molecule has 50 heavy (non-hydrogen) atoms. The van der Waals surface area contributed by atoms with E-state index in [-0.39, 0.29) is 30.1 Å². The van der Waals surface area contributed by atoms with E-state index < -0.39 is 5.54 Å². The first kappa shape index (κ1) is 33.7. The van der Waals surface area contributed by atoms with Crippen molar-refractivity contribution in [2.75, 3.05) is 70.4 Å². The van der Waals surface area contributed by atoms with Gasteiger partial charge in [0.05, 0.1) is 32.1 Å². The van der Waals surface area contributed by atoms with Crippen LogP contribution in [0.3, 0.4) is 0 Å². The zero-order valence-corrected chi connectivity index (χ0v) is 28.9. The molecule has 7 rings (SSSR count). The van der Waals surface area contributed by atoms with Crippen molar-refractivity contribution in [1.29, 1.82) is 0 Å². The number of benzene rings is 3. The molecule has 0 aliphatic carbocycles. The van der Waals surface area contributed by atoms with Crippen molar-refractivity contribution in [3.8, 4) is 0 Å². The van der Waals surface area contributed by atoms with Crippen LogP contribution in [0.4, 0.5) is 11.4 Å². The summed E-state index contributed by atoms with van der Waals surface area (Å²) in [6.07, 6.45) is 0. The third kappa shape index (κ3) is 6.71. The Balaban J connectivity index is 0.962. The van der Waals surface area contributed by atoms with E-state index in [1.807, 2.05) is 77.4 Å². The number of anilines is 2. The largest absolute Gasteiger partial charge is 0.378 e. The van der Waals surface area contributed by atoms with Gasteiger partial charge in [-0.05, 0) is 59.7 Å². The normalized spacial score (nSPS) is 16.7. The maximum atomic E-state index is 13.4. The van der Waals surface area contributed by atoms with Crippen molar-refractivity contribution >= 4 is 40.7 Å². The maximum Gasteiger partial charge on any atom is 0.287 e. The molecular weight excluding hydrogens is 658 g/mol. The minimum absolute atomic E-state index is 0.0391. The molecule has 4 heterocycles. The number of hydrogen-bond acceptors (Lipinski definition) is 8. The Hall–Kier alpha value is -4.75. The number of imidazole rings is 1. The van der Waals surface area contributed by atoms with Gasteiger partial charge in [-0.25, -0.2) is 4.98 Å². The summed E-state index contributed by atoms with van der Waals surface area (Å²) < 4.78 is 13.0. The van der Waals surface area contributed by atoms with E-state index in [1.165, 1.54) is 0 Å².